The van der Waals surface area contributed by atoms with Crippen LogP contribution in [0.4, 0.5) is 0 Å². The summed E-state index contributed by atoms with van der Waals surface area (Å²) in [5.74, 6) is -0.624. The van der Waals surface area contributed by atoms with Gasteiger partial charge in [-0.2, -0.15) is 0 Å². The first-order chi connectivity index (χ1) is 9.20. The highest BCUT2D eigenvalue weighted by Crippen LogP contribution is 2.22. The van der Waals surface area contributed by atoms with Gasteiger partial charge < -0.3 is 15.6 Å². The molecule has 0 radical (unpaired) electrons. The fourth-order valence-electron chi connectivity index (χ4n) is 1.53. The van der Waals surface area contributed by atoms with E-state index in [0.29, 0.717) is 5.56 Å². The van der Waals surface area contributed by atoms with Gasteiger partial charge in [0.05, 0.1) is 18.1 Å². The van der Waals surface area contributed by atoms with Crippen molar-refractivity contribution in [2.24, 2.45) is 11.1 Å². The molecule has 4 N–H and O–H groups in total. The van der Waals surface area contributed by atoms with Crippen LogP contribution in [-0.4, -0.2) is 33.3 Å². The molecule has 1 unspecified atom stereocenters. The van der Waals surface area contributed by atoms with Crippen LogP contribution in [0.25, 0.3) is 0 Å². The second kappa shape index (κ2) is 6.02. The van der Waals surface area contributed by atoms with Crippen LogP contribution < -0.4 is 17.0 Å². The molecule has 0 aliphatic rings. The van der Waals surface area contributed by atoms with Crippen molar-refractivity contribution in [1.82, 2.24) is 9.55 Å². The van der Waals surface area contributed by atoms with E-state index in [0.717, 1.165) is 4.57 Å². The summed E-state index contributed by atoms with van der Waals surface area (Å²) in [6.45, 7) is 3.99. The summed E-state index contributed by atoms with van der Waals surface area (Å²) in [7, 11) is 0. The number of aromatic amines is 1. The second-order valence-electron chi connectivity index (χ2n) is 5.09. The van der Waals surface area contributed by atoms with Crippen molar-refractivity contribution in [2.45, 2.75) is 33.6 Å². The predicted molar refractivity (Wildman–Crippen MR) is 71.0 cm³/mol. The van der Waals surface area contributed by atoms with Crippen LogP contribution in [0.5, 0.6) is 0 Å². The number of hydrogen-bond donors (Lipinski definition) is 3. The van der Waals surface area contributed by atoms with Crippen molar-refractivity contribution in [3.63, 3.8) is 0 Å². The number of carbonyl (C=O) groups is 1. The standard InChI is InChI=1S/C12H19N3O5/c1-7-4-15(11(19)14-9(7)17)6-20-8(5-16)12(2,3)10(13)18/h4,8,16H,5-6H2,1-3H3,(H2,13,18)(H,14,17,19). The number of aliphatic hydroxyl groups is 1. The molecule has 1 aromatic heterocycles. The van der Waals surface area contributed by atoms with Gasteiger partial charge in [-0.05, 0) is 20.8 Å². The third-order valence-electron chi connectivity index (χ3n) is 3.21. The van der Waals surface area contributed by atoms with Gasteiger partial charge >= 0.3 is 5.69 Å². The highest BCUT2D eigenvalue weighted by molar-refractivity contribution is 5.80. The number of aliphatic hydroxyl groups excluding tert-OH is 1. The minimum Gasteiger partial charge on any atom is -0.394 e. The maximum Gasteiger partial charge on any atom is 0.330 e. The molecular formula is C12H19N3O5. The van der Waals surface area contributed by atoms with E-state index in [4.69, 9.17) is 10.5 Å². The lowest BCUT2D eigenvalue weighted by molar-refractivity contribution is -0.142. The summed E-state index contributed by atoms with van der Waals surface area (Å²) in [6.07, 6.45) is 0.478. The third-order valence-corrected chi connectivity index (χ3v) is 3.21. The quantitative estimate of drug-likeness (QED) is 0.598. The Morgan fingerprint density at radius 1 is 1.55 bits per heavy atom. The summed E-state index contributed by atoms with van der Waals surface area (Å²) in [4.78, 5) is 36.2. The number of H-pyrrole nitrogens is 1. The predicted octanol–water partition coefficient (Wildman–Crippen LogP) is -1.31. The molecule has 0 aliphatic heterocycles. The SMILES string of the molecule is Cc1cn(COC(CO)C(C)(C)C(N)=O)c(=O)[nH]c1=O. The van der Waals surface area contributed by atoms with E-state index in [-0.39, 0.29) is 6.73 Å². The number of nitrogens with one attached hydrogen (secondary N) is 1. The number of nitrogens with zero attached hydrogens (tertiary/aromatic N) is 1. The number of nitrogens with two attached hydrogens (primary N) is 1. The molecule has 1 heterocycles. The molecule has 0 aliphatic carbocycles. The minimum absolute atomic E-state index is 0.210. The Morgan fingerprint density at radius 3 is 2.65 bits per heavy atom. The maximum atomic E-state index is 11.5. The largest absolute Gasteiger partial charge is 0.394 e. The molecule has 1 rings (SSSR count). The average Bonchev–Trinajstić information content (AvgIpc) is 2.35. The Bertz CT molecular complexity index is 602. The van der Waals surface area contributed by atoms with Gasteiger partial charge in [0, 0.05) is 11.8 Å². The Hall–Kier alpha value is -1.93. The van der Waals surface area contributed by atoms with E-state index in [1.54, 1.807) is 6.92 Å². The molecule has 8 heteroatoms. The zero-order chi connectivity index (χ0) is 15.5. The number of primary amides is 1. The van der Waals surface area contributed by atoms with E-state index >= 15 is 0 Å². The molecule has 0 bridgehead atoms. The zero-order valence-corrected chi connectivity index (χ0v) is 11.7. The van der Waals surface area contributed by atoms with Gasteiger partial charge in [0.1, 0.15) is 6.73 Å². The van der Waals surface area contributed by atoms with Crippen LogP contribution >= 0.6 is 0 Å². The first-order valence-electron chi connectivity index (χ1n) is 6.03. The average molecular weight is 285 g/mol. The van der Waals surface area contributed by atoms with Crippen LogP contribution in [0.2, 0.25) is 0 Å². The van der Waals surface area contributed by atoms with Crippen LogP contribution in [0.3, 0.4) is 0 Å². The van der Waals surface area contributed by atoms with Crippen LogP contribution in [0.1, 0.15) is 19.4 Å². The highest BCUT2D eigenvalue weighted by Gasteiger charge is 2.35. The van der Waals surface area contributed by atoms with Crippen molar-refractivity contribution in [3.05, 3.63) is 32.6 Å². The number of hydrogen-bond acceptors (Lipinski definition) is 5. The highest BCUT2D eigenvalue weighted by atomic mass is 16.5. The van der Waals surface area contributed by atoms with Crippen molar-refractivity contribution in [2.75, 3.05) is 6.61 Å². The van der Waals surface area contributed by atoms with Crippen molar-refractivity contribution >= 4 is 5.91 Å². The summed E-state index contributed by atoms with van der Waals surface area (Å²) < 4.78 is 6.50. The Labute approximate surface area is 115 Å². The molecular weight excluding hydrogens is 266 g/mol. The monoisotopic (exact) mass is 285 g/mol. The van der Waals surface area contributed by atoms with Gasteiger partial charge in [-0.3, -0.25) is 19.1 Å². The number of aryl methyl sites for hydroxylation is 1. The Kier molecular flexibility index (Phi) is 4.85. The van der Waals surface area contributed by atoms with E-state index in [1.165, 1.54) is 20.0 Å². The molecule has 0 saturated carbocycles. The fourth-order valence-corrected chi connectivity index (χ4v) is 1.53. The van der Waals surface area contributed by atoms with Crippen LogP contribution in [-0.2, 0) is 16.3 Å². The first kappa shape index (κ1) is 16.1. The van der Waals surface area contributed by atoms with E-state index in [1.807, 2.05) is 0 Å². The number of rotatable bonds is 6. The topological polar surface area (TPSA) is 127 Å². The summed E-state index contributed by atoms with van der Waals surface area (Å²) in [5.41, 5.74) is 3.41. The normalized spacial score (nSPS) is 13.2. The van der Waals surface area contributed by atoms with Gasteiger partial charge in [0.2, 0.25) is 5.91 Å². The number of ether oxygens (including phenoxy) is 1. The lowest BCUT2D eigenvalue weighted by Gasteiger charge is -2.29. The van der Waals surface area contributed by atoms with Crippen molar-refractivity contribution in [3.8, 4) is 0 Å². The van der Waals surface area contributed by atoms with Crippen molar-refractivity contribution < 1.29 is 14.6 Å². The van der Waals surface area contributed by atoms with Crippen LogP contribution in [0.15, 0.2) is 15.8 Å². The van der Waals surface area contributed by atoms with Gasteiger partial charge in [0.25, 0.3) is 5.56 Å². The van der Waals surface area contributed by atoms with E-state index < -0.39 is 35.3 Å². The van der Waals surface area contributed by atoms with Gasteiger partial charge in [-0.25, -0.2) is 4.79 Å². The number of aromatic nitrogens is 2. The maximum absolute atomic E-state index is 11.5. The molecule has 112 valence electrons. The van der Waals surface area contributed by atoms with E-state index in [9.17, 15) is 19.5 Å². The summed E-state index contributed by atoms with van der Waals surface area (Å²) in [6, 6.07) is 0. The molecule has 1 amide bonds. The second-order valence-corrected chi connectivity index (χ2v) is 5.09. The molecule has 0 saturated heterocycles. The first-order valence-corrected chi connectivity index (χ1v) is 6.03. The Morgan fingerprint density at radius 2 is 2.15 bits per heavy atom. The molecule has 0 fully saturated rings. The smallest absolute Gasteiger partial charge is 0.330 e. The summed E-state index contributed by atoms with van der Waals surface area (Å²) in [5, 5.41) is 9.28. The molecule has 0 spiro atoms. The fraction of sp³-hybridized carbons (Fsp3) is 0.583. The van der Waals surface area contributed by atoms with Gasteiger partial charge in [-0.15, -0.1) is 0 Å². The van der Waals surface area contributed by atoms with Crippen LogP contribution in [0, 0.1) is 12.3 Å². The van der Waals surface area contributed by atoms with Gasteiger partial charge in [-0.1, -0.05) is 0 Å². The molecule has 20 heavy (non-hydrogen) atoms. The Balaban J connectivity index is 2.90. The third kappa shape index (κ3) is 3.34. The lowest BCUT2D eigenvalue weighted by atomic mass is 9.86. The minimum atomic E-state index is -1.09. The molecule has 8 nitrogen and oxygen atoms in total. The molecule has 1 aromatic rings. The van der Waals surface area contributed by atoms with E-state index in [2.05, 4.69) is 4.98 Å². The lowest BCUT2D eigenvalue weighted by Crippen LogP contribution is -2.46. The van der Waals surface area contributed by atoms with Gasteiger partial charge in [0.15, 0.2) is 0 Å². The molecule has 0 aromatic carbocycles. The number of carbonyl (C=O) groups excluding carboxylic acids is 1. The number of amides is 1. The zero-order valence-electron chi connectivity index (χ0n) is 11.7. The summed E-state index contributed by atoms with van der Waals surface area (Å²) >= 11 is 0. The molecule has 1 atom stereocenters. The van der Waals surface area contributed by atoms with Crippen molar-refractivity contribution in [1.29, 1.82) is 0 Å².